The first-order valence-corrected chi connectivity index (χ1v) is 9.58. The Bertz CT molecular complexity index is 1110. The molecule has 0 radical (unpaired) electrons. The highest BCUT2D eigenvalue weighted by Gasteiger charge is 2.11. The van der Waals surface area contributed by atoms with Crippen molar-refractivity contribution in [2.45, 2.75) is 25.9 Å². The van der Waals surface area contributed by atoms with Crippen LogP contribution in [0.2, 0.25) is 0 Å². The predicted molar refractivity (Wildman–Crippen MR) is 108 cm³/mol. The van der Waals surface area contributed by atoms with Gasteiger partial charge in [-0.05, 0) is 18.6 Å². The van der Waals surface area contributed by atoms with Crippen LogP contribution in [0.25, 0.3) is 10.8 Å². The van der Waals surface area contributed by atoms with E-state index in [9.17, 15) is 4.79 Å². The first-order valence-electron chi connectivity index (χ1n) is 8.77. The molecule has 136 valence electrons. The van der Waals surface area contributed by atoms with E-state index >= 15 is 0 Å². The van der Waals surface area contributed by atoms with Gasteiger partial charge in [0.05, 0.1) is 18.1 Å². The molecule has 0 fully saturated rings. The van der Waals surface area contributed by atoms with Crippen LogP contribution in [0.3, 0.4) is 0 Å². The molecule has 1 N–H and O–H groups in total. The van der Waals surface area contributed by atoms with Gasteiger partial charge in [0.15, 0.2) is 0 Å². The molecular weight excluding hydrogens is 358 g/mol. The summed E-state index contributed by atoms with van der Waals surface area (Å²) in [7, 11) is 0. The Kier molecular flexibility index (Phi) is 4.93. The van der Waals surface area contributed by atoms with E-state index < -0.39 is 0 Å². The molecule has 1 atom stereocenters. The Morgan fingerprint density at radius 1 is 1.07 bits per heavy atom. The lowest BCUT2D eigenvalue weighted by molar-refractivity contribution is 0.537. The van der Waals surface area contributed by atoms with Crippen LogP contribution in [0.5, 0.6) is 0 Å². The number of nitrogens with zero attached hydrogens (tertiary/aromatic N) is 4. The summed E-state index contributed by atoms with van der Waals surface area (Å²) < 4.78 is 1.49. The smallest absolute Gasteiger partial charge is 0.274 e. The maximum atomic E-state index is 12.6. The van der Waals surface area contributed by atoms with Gasteiger partial charge in [0.1, 0.15) is 5.01 Å². The molecule has 0 bridgehead atoms. The number of hydrogen-bond donors (Lipinski definition) is 1. The molecule has 4 rings (SSSR count). The SMILES string of the molecule is CC(Cn1ncc2ccccc2c1=O)Nc1nnc(Cc2ccccc2)s1. The topological polar surface area (TPSA) is 72.7 Å². The van der Waals surface area contributed by atoms with Gasteiger partial charge in [0.25, 0.3) is 5.56 Å². The van der Waals surface area contributed by atoms with Crippen LogP contribution in [-0.2, 0) is 13.0 Å². The third-order valence-corrected chi connectivity index (χ3v) is 5.10. The lowest BCUT2D eigenvalue weighted by Gasteiger charge is -2.13. The molecule has 0 amide bonds. The second-order valence-electron chi connectivity index (χ2n) is 6.43. The van der Waals surface area contributed by atoms with Crippen molar-refractivity contribution < 1.29 is 0 Å². The van der Waals surface area contributed by atoms with Crippen LogP contribution in [0.4, 0.5) is 5.13 Å². The summed E-state index contributed by atoms with van der Waals surface area (Å²) in [5, 5.41) is 19.3. The van der Waals surface area contributed by atoms with E-state index in [0.717, 1.165) is 21.9 Å². The largest absolute Gasteiger partial charge is 0.356 e. The van der Waals surface area contributed by atoms with Crippen LogP contribution in [0.1, 0.15) is 17.5 Å². The highest BCUT2D eigenvalue weighted by Crippen LogP contribution is 2.19. The maximum absolute atomic E-state index is 12.6. The first-order chi connectivity index (χ1) is 13.2. The third-order valence-electron chi connectivity index (χ3n) is 4.24. The Balaban J connectivity index is 1.43. The van der Waals surface area contributed by atoms with Gasteiger partial charge in [-0.1, -0.05) is 59.9 Å². The molecule has 2 heterocycles. The summed E-state index contributed by atoms with van der Waals surface area (Å²) in [4.78, 5) is 12.6. The van der Waals surface area contributed by atoms with Crippen LogP contribution >= 0.6 is 11.3 Å². The fraction of sp³-hybridized carbons (Fsp3) is 0.200. The second-order valence-corrected chi connectivity index (χ2v) is 7.49. The summed E-state index contributed by atoms with van der Waals surface area (Å²) >= 11 is 1.53. The molecule has 0 saturated carbocycles. The van der Waals surface area contributed by atoms with Crippen molar-refractivity contribution in [3.8, 4) is 0 Å². The standard InChI is InChI=1S/C20H19N5OS/c1-14(13-25-19(26)17-10-6-5-9-16(17)12-21-25)22-20-24-23-18(27-20)11-15-7-3-2-4-8-15/h2-10,12,14H,11,13H2,1H3,(H,22,24). The Morgan fingerprint density at radius 3 is 2.70 bits per heavy atom. The molecular formula is C20H19N5OS. The normalized spacial score (nSPS) is 12.2. The molecule has 0 aliphatic heterocycles. The molecule has 0 spiro atoms. The molecule has 6 nitrogen and oxygen atoms in total. The van der Waals surface area contributed by atoms with Crippen molar-refractivity contribution in [2.75, 3.05) is 5.32 Å². The van der Waals surface area contributed by atoms with Gasteiger partial charge in [-0.3, -0.25) is 4.79 Å². The quantitative estimate of drug-likeness (QED) is 0.558. The number of hydrogen-bond acceptors (Lipinski definition) is 6. The van der Waals surface area contributed by atoms with Gasteiger partial charge in [-0.15, -0.1) is 10.2 Å². The number of fused-ring (bicyclic) bond motifs is 1. The van der Waals surface area contributed by atoms with E-state index in [-0.39, 0.29) is 11.6 Å². The van der Waals surface area contributed by atoms with Gasteiger partial charge < -0.3 is 5.32 Å². The Labute approximate surface area is 160 Å². The molecule has 0 aliphatic carbocycles. The zero-order chi connectivity index (χ0) is 18.6. The highest BCUT2D eigenvalue weighted by atomic mass is 32.1. The summed E-state index contributed by atoms with van der Waals surface area (Å²) in [5.41, 5.74) is 1.13. The van der Waals surface area contributed by atoms with E-state index in [1.165, 1.54) is 21.6 Å². The number of benzene rings is 2. The van der Waals surface area contributed by atoms with Crippen molar-refractivity contribution in [1.82, 2.24) is 20.0 Å². The number of rotatable bonds is 6. The van der Waals surface area contributed by atoms with E-state index in [0.29, 0.717) is 11.9 Å². The Morgan fingerprint density at radius 2 is 1.85 bits per heavy atom. The third kappa shape index (κ3) is 4.03. The van der Waals surface area contributed by atoms with Crippen LogP contribution in [-0.4, -0.2) is 26.0 Å². The molecule has 0 aliphatic rings. The number of anilines is 1. The monoisotopic (exact) mass is 377 g/mol. The zero-order valence-electron chi connectivity index (χ0n) is 14.9. The lowest BCUT2D eigenvalue weighted by Crippen LogP contribution is -2.31. The van der Waals surface area contributed by atoms with Crippen molar-refractivity contribution >= 4 is 27.2 Å². The lowest BCUT2D eigenvalue weighted by atomic mass is 10.2. The average Bonchev–Trinajstić information content (AvgIpc) is 3.11. The van der Waals surface area contributed by atoms with Gasteiger partial charge in [-0.25, -0.2) is 4.68 Å². The van der Waals surface area contributed by atoms with Gasteiger partial charge in [-0.2, -0.15) is 5.10 Å². The zero-order valence-corrected chi connectivity index (χ0v) is 15.7. The second kappa shape index (κ2) is 7.67. The fourth-order valence-corrected chi connectivity index (χ4v) is 3.81. The highest BCUT2D eigenvalue weighted by molar-refractivity contribution is 7.15. The summed E-state index contributed by atoms with van der Waals surface area (Å²) in [5.74, 6) is 0. The van der Waals surface area contributed by atoms with E-state index in [1.807, 2.05) is 49.4 Å². The van der Waals surface area contributed by atoms with Crippen LogP contribution in [0.15, 0.2) is 65.6 Å². The molecule has 2 aromatic carbocycles. The van der Waals surface area contributed by atoms with Crippen molar-refractivity contribution in [3.63, 3.8) is 0 Å². The first kappa shape index (κ1) is 17.4. The summed E-state index contributed by atoms with van der Waals surface area (Å²) in [6.45, 7) is 2.46. The van der Waals surface area contributed by atoms with Gasteiger partial charge >= 0.3 is 0 Å². The van der Waals surface area contributed by atoms with Crippen molar-refractivity contribution in [1.29, 1.82) is 0 Å². The molecule has 27 heavy (non-hydrogen) atoms. The fourth-order valence-electron chi connectivity index (χ4n) is 2.93. The molecule has 1 unspecified atom stereocenters. The molecule has 7 heteroatoms. The molecule has 2 aromatic heterocycles. The van der Waals surface area contributed by atoms with E-state index in [4.69, 9.17) is 0 Å². The van der Waals surface area contributed by atoms with Crippen molar-refractivity contribution in [3.05, 3.63) is 81.7 Å². The minimum Gasteiger partial charge on any atom is -0.356 e. The van der Waals surface area contributed by atoms with Crippen molar-refractivity contribution in [2.24, 2.45) is 0 Å². The minimum absolute atomic E-state index is 0.00566. The number of aromatic nitrogens is 4. The average molecular weight is 377 g/mol. The Hall–Kier alpha value is -3.06. The summed E-state index contributed by atoms with van der Waals surface area (Å²) in [6, 6.07) is 17.7. The summed E-state index contributed by atoms with van der Waals surface area (Å²) in [6.07, 6.45) is 2.49. The van der Waals surface area contributed by atoms with Gasteiger partial charge in [0.2, 0.25) is 5.13 Å². The maximum Gasteiger partial charge on any atom is 0.274 e. The predicted octanol–water partition coefficient (Wildman–Crippen LogP) is 3.34. The van der Waals surface area contributed by atoms with Crippen LogP contribution in [0, 0.1) is 0 Å². The molecule has 4 aromatic rings. The number of nitrogens with one attached hydrogen (secondary N) is 1. The van der Waals surface area contributed by atoms with Gasteiger partial charge in [0, 0.05) is 17.8 Å². The van der Waals surface area contributed by atoms with E-state index in [1.54, 1.807) is 6.20 Å². The molecule has 0 saturated heterocycles. The van der Waals surface area contributed by atoms with Crippen LogP contribution < -0.4 is 10.9 Å². The minimum atomic E-state index is -0.0798. The van der Waals surface area contributed by atoms with E-state index in [2.05, 4.69) is 32.7 Å².